The summed E-state index contributed by atoms with van der Waals surface area (Å²) in [4.78, 5) is 37.2. The second-order valence-electron chi connectivity index (χ2n) is 7.46. The molecule has 0 aliphatic heterocycles. The quantitative estimate of drug-likeness (QED) is 0.294. The maximum atomic E-state index is 13.1. The van der Waals surface area contributed by atoms with E-state index in [2.05, 4.69) is 10.2 Å². The molecule has 2 aromatic carbocycles. The maximum absolute atomic E-state index is 13.1. The van der Waals surface area contributed by atoms with Crippen LogP contribution in [-0.4, -0.2) is 36.5 Å². The number of halogens is 1. The number of rotatable bonds is 7. The van der Waals surface area contributed by atoms with Gasteiger partial charge >= 0.3 is 5.76 Å². The van der Waals surface area contributed by atoms with Crippen molar-refractivity contribution in [1.82, 2.24) is 19.7 Å². The highest BCUT2D eigenvalue weighted by molar-refractivity contribution is 6.33. The van der Waals surface area contributed by atoms with Gasteiger partial charge < -0.3 is 13.7 Å². The van der Waals surface area contributed by atoms with Crippen molar-refractivity contribution in [2.75, 3.05) is 0 Å². The summed E-state index contributed by atoms with van der Waals surface area (Å²) < 4.78 is 11.9. The second-order valence-corrected chi connectivity index (χ2v) is 7.87. The average Bonchev–Trinajstić information content (AvgIpc) is 3.36. The van der Waals surface area contributed by atoms with E-state index in [9.17, 15) is 19.7 Å². The van der Waals surface area contributed by atoms with Crippen molar-refractivity contribution >= 4 is 34.3 Å². The summed E-state index contributed by atoms with van der Waals surface area (Å²) in [7, 11) is 0. The van der Waals surface area contributed by atoms with Crippen LogP contribution in [0.5, 0.6) is 0 Å². The number of aromatic nitrogens is 3. The minimum Gasteiger partial charge on any atom is -0.419 e. The summed E-state index contributed by atoms with van der Waals surface area (Å²) in [5, 5.41) is 19.4. The third-order valence-corrected chi connectivity index (χ3v) is 5.31. The Bertz CT molecular complexity index is 1410. The lowest BCUT2D eigenvalue weighted by Gasteiger charge is -2.25. The Morgan fingerprint density at radius 1 is 1.21 bits per heavy atom. The van der Waals surface area contributed by atoms with Crippen molar-refractivity contribution in [1.29, 1.82) is 0 Å². The summed E-state index contributed by atoms with van der Waals surface area (Å²) in [6.45, 7) is 3.31. The van der Waals surface area contributed by atoms with Crippen molar-refractivity contribution in [3.05, 3.63) is 74.0 Å². The number of hydrogen-bond donors (Lipinski definition) is 0. The van der Waals surface area contributed by atoms with Gasteiger partial charge in [-0.25, -0.2) is 4.79 Å². The van der Waals surface area contributed by atoms with Crippen LogP contribution in [0.15, 0.2) is 56.1 Å². The monoisotopic (exact) mass is 471 g/mol. The largest absolute Gasteiger partial charge is 0.420 e. The normalized spacial score (nSPS) is 11.3. The molecule has 0 N–H and O–H groups in total. The van der Waals surface area contributed by atoms with Crippen molar-refractivity contribution in [2.45, 2.75) is 33.0 Å². The first-order chi connectivity index (χ1) is 15.7. The average molecular weight is 472 g/mol. The zero-order valence-corrected chi connectivity index (χ0v) is 18.4. The molecule has 2 heterocycles. The van der Waals surface area contributed by atoms with Gasteiger partial charge in [-0.05, 0) is 32.0 Å². The summed E-state index contributed by atoms with van der Waals surface area (Å²) >= 11 is 6.17. The molecule has 0 fully saturated rings. The van der Waals surface area contributed by atoms with Crippen molar-refractivity contribution in [3.8, 4) is 11.5 Å². The molecule has 12 heteroatoms. The van der Waals surface area contributed by atoms with Crippen LogP contribution >= 0.6 is 11.6 Å². The van der Waals surface area contributed by atoms with Gasteiger partial charge in [0.1, 0.15) is 6.54 Å². The molecule has 11 nitrogen and oxygen atoms in total. The predicted molar refractivity (Wildman–Crippen MR) is 118 cm³/mol. The van der Waals surface area contributed by atoms with Crippen LogP contribution in [0.1, 0.15) is 19.7 Å². The van der Waals surface area contributed by atoms with E-state index >= 15 is 0 Å². The predicted octanol–water partition coefficient (Wildman–Crippen LogP) is 3.64. The number of benzene rings is 2. The molecule has 4 aromatic rings. The van der Waals surface area contributed by atoms with E-state index in [1.54, 1.807) is 24.3 Å². The van der Waals surface area contributed by atoms with Crippen LogP contribution in [0, 0.1) is 10.1 Å². The lowest BCUT2D eigenvalue weighted by Crippen LogP contribution is -2.39. The van der Waals surface area contributed by atoms with Gasteiger partial charge in [0.15, 0.2) is 5.58 Å². The molecule has 0 saturated heterocycles. The van der Waals surface area contributed by atoms with Gasteiger partial charge in [-0.2, -0.15) is 0 Å². The van der Waals surface area contributed by atoms with Gasteiger partial charge in [0.25, 0.3) is 5.69 Å². The molecule has 0 aliphatic rings. The fourth-order valence-corrected chi connectivity index (χ4v) is 3.53. The highest BCUT2D eigenvalue weighted by Gasteiger charge is 2.24. The van der Waals surface area contributed by atoms with Crippen LogP contribution in [-0.2, 0) is 17.9 Å². The summed E-state index contributed by atoms with van der Waals surface area (Å²) in [5.74, 6) is -0.760. The Labute approximate surface area is 191 Å². The molecular formula is C21H18ClN5O6. The number of oxazole rings is 1. The van der Waals surface area contributed by atoms with Crippen LogP contribution in [0.25, 0.3) is 22.6 Å². The minimum atomic E-state index is -0.790. The Morgan fingerprint density at radius 3 is 2.67 bits per heavy atom. The molecule has 1 amide bonds. The molecule has 0 radical (unpaired) electrons. The molecule has 4 rings (SSSR count). The molecule has 170 valence electrons. The number of fused-ring (bicyclic) bond motifs is 1. The van der Waals surface area contributed by atoms with Crippen LogP contribution < -0.4 is 5.76 Å². The lowest BCUT2D eigenvalue weighted by atomic mass is 10.2. The maximum Gasteiger partial charge on any atom is 0.420 e. The van der Waals surface area contributed by atoms with Crippen LogP contribution in [0.3, 0.4) is 0 Å². The van der Waals surface area contributed by atoms with E-state index < -0.39 is 16.6 Å². The molecule has 0 saturated carbocycles. The first kappa shape index (κ1) is 22.2. The Hall–Kier alpha value is -3.99. The number of amides is 1. The van der Waals surface area contributed by atoms with Gasteiger partial charge in [-0.3, -0.25) is 19.5 Å². The van der Waals surface area contributed by atoms with Gasteiger partial charge in [0, 0.05) is 12.1 Å². The fraction of sp³-hybridized carbons (Fsp3) is 0.238. The number of nitro groups is 1. The van der Waals surface area contributed by atoms with Gasteiger partial charge in [0.2, 0.25) is 17.7 Å². The molecule has 2 aromatic heterocycles. The molecular weight excluding hydrogens is 454 g/mol. The smallest absolute Gasteiger partial charge is 0.419 e. The standard InChI is InChI=1S/C21H18ClN5O6/c1-12(2)25(10-18-23-24-20(33-18)14-5-3-4-6-15(14)22)19(28)11-26-16-8-7-13(27(30)31)9-17(16)32-21(26)29/h3-9,12H,10-11H2,1-2H3. The number of nitro benzene ring substituents is 1. The SMILES string of the molecule is CC(C)N(Cc1nnc(-c2ccccc2Cl)o1)C(=O)Cn1c(=O)oc2cc([N+](=O)[O-])ccc21. The highest BCUT2D eigenvalue weighted by atomic mass is 35.5. The molecule has 0 unspecified atom stereocenters. The van der Waals surface area contributed by atoms with Crippen LogP contribution in [0.4, 0.5) is 5.69 Å². The number of nitrogens with zero attached hydrogens (tertiary/aromatic N) is 5. The van der Waals surface area contributed by atoms with E-state index in [0.29, 0.717) is 10.6 Å². The van der Waals surface area contributed by atoms with Crippen LogP contribution in [0.2, 0.25) is 5.02 Å². The fourth-order valence-electron chi connectivity index (χ4n) is 3.31. The van der Waals surface area contributed by atoms with E-state index in [1.165, 1.54) is 17.0 Å². The Balaban J connectivity index is 1.57. The number of carbonyl (C=O) groups is 1. The molecule has 33 heavy (non-hydrogen) atoms. The van der Waals surface area contributed by atoms with Crippen molar-refractivity contribution in [2.24, 2.45) is 0 Å². The Morgan fingerprint density at radius 2 is 1.97 bits per heavy atom. The first-order valence-electron chi connectivity index (χ1n) is 9.89. The van der Waals surface area contributed by atoms with E-state index in [-0.39, 0.29) is 47.7 Å². The van der Waals surface area contributed by atoms with Crippen molar-refractivity contribution < 1.29 is 18.6 Å². The summed E-state index contributed by atoms with van der Waals surface area (Å²) in [6.07, 6.45) is 0. The number of carbonyl (C=O) groups excluding carboxylic acids is 1. The van der Waals surface area contributed by atoms with E-state index in [0.717, 1.165) is 10.6 Å². The Kier molecular flexibility index (Phi) is 5.97. The van der Waals surface area contributed by atoms with Crippen molar-refractivity contribution in [3.63, 3.8) is 0 Å². The van der Waals surface area contributed by atoms with Gasteiger partial charge in [0.05, 0.1) is 33.6 Å². The summed E-state index contributed by atoms with van der Waals surface area (Å²) in [5.41, 5.74) is 0.663. The number of non-ortho nitro benzene ring substituents is 1. The highest BCUT2D eigenvalue weighted by Crippen LogP contribution is 2.26. The molecule has 0 atom stereocenters. The topological polar surface area (TPSA) is 138 Å². The summed E-state index contributed by atoms with van der Waals surface area (Å²) in [6, 6.07) is 10.5. The first-order valence-corrected chi connectivity index (χ1v) is 10.3. The molecule has 0 bridgehead atoms. The minimum absolute atomic E-state index is 0.0178. The zero-order chi connectivity index (χ0) is 23.7. The van der Waals surface area contributed by atoms with E-state index in [4.69, 9.17) is 20.4 Å². The van der Waals surface area contributed by atoms with Gasteiger partial charge in [-0.1, -0.05) is 23.7 Å². The number of hydrogen-bond acceptors (Lipinski definition) is 8. The lowest BCUT2D eigenvalue weighted by molar-refractivity contribution is -0.384. The third-order valence-electron chi connectivity index (χ3n) is 4.98. The zero-order valence-electron chi connectivity index (χ0n) is 17.6. The molecule has 0 spiro atoms. The van der Waals surface area contributed by atoms with E-state index in [1.807, 2.05) is 13.8 Å². The molecule has 0 aliphatic carbocycles. The van der Waals surface area contributed by atoms with Gasteiger partial charge in [-0.15, -0.1) is 10.2 Å². The second kappa shape index (κ2) is 8.87. The third kappa shape index (κ3) is 4.48.